The highest BCUT2D eigenvalue weighted by Crippen LogP contribution is 2.43. The second-order valence-electron chi connectivity index (χ2n) is 11.0. The molecule has 0 saturated heterocycles. The second kappa shape index (κ2) is 12.9. The predicted octanol–water partition coefficient (Wildman–Crippen LogP) is 10.6. The SMILES string of the molecule is CCCCC1CC=C(C2CCC(CCc3ccc(-c4ccc(CCC)cc4)c(F)c3F)CC2)C(F)=C1F. The number of unbranched alkanes of at least 4 members (excludes halogenated alkanes) is 1. The van der Waals surface area contributed by atoms with Gasteiger partial charge in [0.1, 0.15) is 5.83 Å². The smallest absolute Gasteiger partial charge is 0.166 e. The molecule has 0 aliphatic heterocycles. The molecule has 0 spiro atoms. The molecule has 0 aromatic heterocycles. The molecular formula is C33H40F4. The summed E-state index contributed by atoms with van der Waals surface area (Å²) in [5.41, 5.74) is 3.15. The fourth-order valence-electron chi connectivity index (χ4n) is 6.09. The summed E-state index contributed by atoms with van der Waals surface area (Å²) in [6.45, 7) is 4.18. The molecule has 1 saturated carbocycles. The van der Waals surface area contributed by atoms with Gasteiger partial charge >= 0.3 is 0 Å². The average molecular weight is 513 g/mol. The summed E-state index contributed by atoms with van der Waals surface area (Å²) in [6, 6.07) is 11.1. The summed E-state index contributed by atoms with van der Waals surface area (Å²) in [5, 5.41) is 0. The molecule has 2 aliphatic carbocycles. The fraction of sp³-hybridized carbons (Fsp3) is 0.515. The fourth-order valence-corrected chi connectivity index (χ4v) is 6.09. The van der Waals surface area contributed by atoms with E-state index in [4.69, 9.17) is 0 Å². The molecule has 0 bridgehead atoms. The van der Waals surface area contributed by atoms with Crippen molar-refractivity contribution in [3.05, 3.63) is 82.5 Å². The molecule has 2 aromatic carbocycles. The van der Waals surface area contributed by atoms with Gasteiger partial charge in [-0.25, -0.2) is 17.6 Å². The van der Waals surface area contributed by atoms with Crippen molar-refractivity contribution in [2.75, 3.05) is 0 Å². The molecule has 0 radical (unpaired) electrons. The molecule has 200 valence electrons. The minimum absolute atomic E-state index is 0.0614. The quantitative estimate of drug-likeness (QED) is 0.278. The first-order valence-electron chi connectivity index (χ1n) is 14.2. The highest BCUT2D eigenvalue weighted by Gasteiger charge is 2.31. The summed E-state index contributed by atoms with van der Waals surface area (Å²) < 4.78 is 59.3. The van der Waals surface area contributed by atoms with Crippen LogP contribution in [0.15, 0.2) is 59.7 Å². The number of allylic oxidation sites excluding steroid dienone is 4. The highest BCUT2D eigenvalue weighted by atomic mass is 19.2. The van der Waals surface area contributed by atoms with Gasteiger partial charge in [-0.1, -0.05) is 75.6 Å². The number of rotatable bonds is 10. The van der Waals surface area contributed by atoms with E-state index in [1.54, 1.807) is 12.1 Å². The Morgan fingerprint density at radius 3 is 2.16 bits per heavy atom. The molecule has 2 aliphatic rings. The Balaban J connectivity index is 1.31. The van der Waals surface area contributed by atoms with Crippen LogP contribution in [0.3, 0.4) is 0 Å². The highest BCUT2D eigenvalue weighted by molar-refractivity contribution is 5.65. The van der Waals surface area contributed by atoms with Gasteiger partial charge in [0, 0.05) is 11.5 Å². The topological polar surface area (TPSA) is 0 Å². The van der Waals surface area contributed by atoms with Crippen molar-refractivity contribution in [3.63, 3.8) is 0 Å². The summed E-state index contributed by atoms with van der Waals surface area (Å²) in [5.74, 6) is -2.55. The van der Waals surface area contributed by atoms with E-state index >= 15 is 0 Å². The number of hydrogen-bond donors (Lipinski definition) is 0. The Hall–Kier alpha value is -2.36. The molecule has 37 heavy (non-hydrogen) atoms. The van der Waals surface area contributed by atoms with E-state index in [1.165, 1.54) is 5.56 Å². The van der Waals surface area contributed by atoms with E-state index in [2.05, 4.69) is 13.8 Å². The summed E-state index contributed by atoms with van der Waals surface area (Å²) in [4.78, 5) is 0. The van der Waals surface area contributed by atoms with Crippen LogP contribution in [-0.4, -0.2) is 0 Å². The van der Waals surface area contributed by atoms with Crippen molar-refractivity contribution in [2.24, 2.45) is 17.8 Å². The lowest BCUT2D eigenvalue weighted by Crippen LogP contribution is -2.20. The van der Waals surface area contributed by atoms with Gasteiger partial charge in [-0.15, -0.1) is 0 Å². The number of benzene rings is 2. The zero-order valence-corrected chi connectivity index (χ0v) is 22.3. The molecule has 1 unspecified atom stereocenters. The predicted molar refractivity (Wildman–Crippen MR) is 145 cm³/mol. The maximum absolute atomic E-state index is 14.9. The first-order valence-corrected chi connectivity index (χ1v) is 14.2. The second-order valence-corrected chi connectivity index (χ2v) is 11.0. The van der Waals surface area contributed by atoms with Gasteiger partial charge in [0.25, 0.3) is 0 Å². The summed E-state index contributed by atoms with van der Waals surface area (Å²) in [6.07, 6.45) is 11.9. The van der Waals surface area contributed by atoms with Gasteiger partial charge < -0.3 is 0 Å². The number of halogens is 4. The largest absolute Gasteiger partial charge is 0.208 e. The molecular weight excluding hydrogens is 472 g/mol. The van der Waals surface area contributed by atoms with Crippen LogP contribution < -0.4 is 0 Å². The van der Waals surface area contributed by atoms with Crippen LogP contribution in [0, 0.1) is 29.4 Å². The third kappa shape index (κ3) is 6.56. The molecule has 2 aromatic rings. The third-order valence-corrected chi connectivity index (χ3v) is 8.42. The van der Waals surface area contributed by atoms with Crippen molar-refractivity contribution in [3.8, 4) is 11.1 Å². The molecule has 0 amide bonds. The maximum Gasteiger partial charge on any atom is 0.166 e. The normalized spacial score (nSPS) is 22.3. The Morgan fingerprint density at radius 2 is 1.49 bits per heavy atom. The lowest BCUT2D eigenvalue weighted by atomic mass is 9.74. The van der Waals surface area contributed by atoms with Crippen LogP contribution in [0.25, 0.3) is 11.1 Å². The Labute approximate surface area is 219 Å². The van der Waals surface area contributed by atoms with E-state index in [-0.39, 0.29) is 11.8 Å². The molecule has 0 heterocycles. The van der Waals surface area contributed by atoms with Crippen LogP contribution >= 0.6 is 0 Å². The Kier molecular flexibility index (Phi) is 9.67. The van der Waals surface area contributed by atoms with E-state index in [1.807, 2.05) is 30.3 Å². The van der Waals surface area contributed by atoms with Gasteiger partial charge in [-0.3, -0.25) is 0 Å². The zero-order valence-electron chi connectivity index (χ0n) is 22.3. The van der Waals surface area contributed by atoms with Crippen LogP contribution in [0.1, 0.15) is 89.2 Å². The van der Waals surface area contributed by atoms with Crippen molar-refractivity contribution in [2.45, 2.75) is 90.9 Å². The summed E-state index contributed by atoms with van der Waals surface area (Å²) in [7, 11) is 0. The van der Waals surface area contributed by atoms with Gasteiger partial charge in [0.15, 0.2) is 17.5 Å². The first kappa shape index (κ1) is 27.7. The molecule has 1 fully saturated rings. The summed E-state index contributed by atoms with van der Waals surface area (Å²) >= 11 is 0. The van der Waals surface area contributed by atoms with E-state index in [9.17, 15) is 17.6 Å². The lowest BCUT2D eigenvalue weighted by molar-refractivity contribution is 0.279. The molecule has 4 rings (SSSR count). The van der Waals surface area contributed by atoms with E-state index < -0.39 is 23.3 Å². The maximum atomic E-state index is 14.9. The van der Waals surface area contributed by atoms with Crippen molar-refractivity contribution in [1.82, 2.24) is 0 Å². The van der Waals surface area contributed by atoms with Crippen molar-refractivity contribution >= 4 is 0 Å². The molecule has 1 atom stereocenters. The molecule has 0 nitrogen and oxygen atoms in total. The Bertz CT molecular complexity index is 1100. The minimum Gasteiger partial charge on any atom is -0.208 e. The lowest BCUT2D eigenvalue weighted by Gasteiger charge is -2.32. The zero-order chi connectivity index (χ0) is 26.4. The minimum atomic E-state index is -0.782. The standard InChI is InChI=1S/C33H40F4/c1-3-5-7-26-18-20-28(32(36)30(26)34)25-15-10-23(11-16-25)12-17-27-19-21-29(33(37)31(27)35)24-13-8-22(6-4-2)9-14-24/h8-9,13-14,19-21,23,25-26H,3-7,10-12,15-18H2,1-2H3. The van der Waals surface area contributed by atoms with Crippen LogP contribution in [0.2, 0.25) is 0 Å². The van der Waals surface area contributed by atoms with Gasteiger partial charge in [-0.2, -0.15) is 0 Å². The van der Waals surface area contributed by atoms with E-state index in [0.717, 1.165) is 57.8 Å². The van der Waals surface area contributed by atoms with Gasteiger partial charge in [0.2, 0.25) is 0 Å². The number of hydrogen-bond acceptors (Lipinski definition) is 0. The van der Waals surface area contributed by atoms with Gasteiger partial charge in [-0.05, 0) is 91.9 Å². The van der Waals surface area contributed by atoms with E-state index in [0.29, 0.717) is 47.4 Å². The van der Waals surface area contributed by atoms with Crippen molar-refractivity contribution < 1.29 is 17.6 Å². The Morgan fingerprint density at radius 1 is 0.757 bits per heavy atom. The van der Waals surface area contributed by atoms with Crippen LogP contribution in [0.4, 0.5) is 17.6 Å². The monoisotopic (exact) mass is 512 g/mol. The number of aryl methyl sites for hydroxylation is 2. The third-order valence-electron chi connectivity index (χ3n) is 8.42. The molecule has 4 heteroatoms. The van der Waals surface area contributed by atoms with Crippen LogP contribution in [0.5, 0.6) is 0 Å². The first-order chi connectivity index (χ1) is 17.9. The average Bonchev–Trinajstić information content (AvgIpc) is 2.92. The van der Waals surface area contributed by atoms with Crippen LogP contribution in [-0.2, 0) is 12.8 Å². The van der Waals surface area contributed by atoms with Crippen molar-refractivity contribution in [1.29, 1.82) is 0 Å². The van der Waals surface area contributed by atoms with Gasteiger partial charge in [0.05, 0.1) is 0 Å². The molecule has 0 N–H and O–H groups in total.